The molecule has 158 valence electrons. The van der Waals surface area contributed by atoms with Crippen LogP contribution in [0.5, 0.6) is 11.5 Å². The summed E-state index contributed by atoms with van der Waals surface area (Å²) in [5, 5.41) is 2.85. The Balaban J connectivity index is 1.99. The van der Waals surface area contributed by atoms with Gasteiger partial charge in [-0.25, -0.2) is 8.42 Å². The van der Waals surface area contributed by atoms with Crippen LogP contribution < -0.4 is 14.8 Å². The lowest BCUT2D eigenvalue weighted by molar-refractivity contribution is -0.121. The number of carbonyl (C=O) groups excluding carboxylic acids is 1. The van der Waals surface area contributed by atoms with Gasteiger partial charge in [0.15, 0.2) is 21.3 Å². The monoisotopic (exact) mass is 419 g/mol. The average Bonchev–Trinajstić information content (AvgIpc) is 2.68. The van der Waals surface area contributed by atoms with Gasteiger partial charge >= 0.3 is 0 Å². The Morgan fingerprint density at radius 1 is 1.00 bits per heavy atom. The second-order valence-electron chi connectivity index (χ2n) is 6.74. The Kier molecular flexibility index (Phi) is 8.08. The molecule has 0 aliphatic heterocycles. The lowest BCUT2D eigenvalue weighted by Crippen LogP contribution is -2.28. The van der Waals surface area contributed by atoms with Gasteiger partial charge in [0.25, 0.3) is 0 Å². The summed E-state index contributed by atoms with van der Waals surface area (Å²) in [4.78, 5) is 12.5. The predicted molar refractivity (Wildman–Crippen MR) is 113 cm³/mol. The third kappa shape index (κ3) is 6.49. The number of ether oxygens (including phenoxy) is 2. The fraction of sp³-hybridized carbons (Fsp3) is 0.409. The smallest absolute Gasteiger partial charge is 0.221 e. The quantitative estimate of drug-likeness (QED) is 0.633. The molecule has 0 saturated heterocycles. The van der Waals surface area contributed by atoms with E-state index in [2.05, 4.69) is 5.32 Å². The Morgan fingerprint density at radius 2 is 1.62 bits per heavy atom. The first-order valence-electron chi connectivity index (χ1n) is 9.75. The Morgan fingerprint density at radius 3 is 2.24 bits per heavy atom. The maximum atomic E-state index is 12.4. The maximum absolute atomic E-state index is 12.4. The Labute approximate surface area is 173 Å². The van der Waals surface area contributed by atoms with Gasteiger partial charge in [-0.2, -0.15) is 0 Å². The molecule has 0 bridgehead atoms. The van der Waals surface area contributed by atoms with Crippen molar-refractivity contribution in [3.05, 3.63) is 53.6 Å². The van der Waals surface area contributed by atoms with Crippen molar-refractivity contribution in [1.29, 1.82) is 0 Å². The maximum Gasteiger partial charge on any atom is 0.221 e. The summed E-state index contributed by atoms with van der Waals surface area (Å²) in [5.41, 5.74) is 1.84. The molecule has 2 rings (SSSR count). The molecule has 0 spiro atoms. The molecule has 1 atom stereocenters. The summed E-state index contributed by atoms with van der Waals surface area (Å²) >= 11 is 0. The molecule has 1 N–H and O–H groups in total. The predicted octanol–water partition coefficient (Wildman–Crippen LogP) is 3.83. The Hall–Kier alpha value is -2.54. The molecule has 6 nitrogen and oxygen atoms in total. The first kappa shape index (κ1) is 22.7. The number of sulfone groups is 1. The van der Waals surface area contributed by atoms with Gasteiger partial charge in [0.1, 0.15) is 0 Å². The summed E-state index contributed by atoms with van der Waals surface area (Å²) in [5.74, 6) is 0.720. The van der Waals surface area contributed by atoms with E-state index in [9.17, 15) is 13.2 Å². The van der Waals surface area contributed by atoms with E-state index >= 15 is 0 Å². The second kappa shape index (κ2) is 10.3. The molecule has 0 aliphatic carbocycles. The fourth-order valence-corrected chi connectivity index (χ4v) is 4.07. The van der Waals surface area contributed by atoms with Gasteiger partial charge in [0.2, 0.25) is 5.91 Å². The summed E-state index contributed by atoms with van der Waals surface area (Å²) in [6, 6.07) is 11.9. The van der Waals surface area contributed by atoms with Gasteiger partial charge in [-0.15, -0.1) is 0 Å². The SMILES string of the molecule is CCOc1ccc([C@@H](C)NC(=O)CCS(=O)(=O)c2ccc(C)cc2)cc1OCC. The highest BCUT2D eigenvalue weighted by Gasteiger charge is 2.18. The zero-order valence-electron chi connectivity index (χ0n) is 17.4. The Bertz CT molecular complexity index is 923. The molecule has 7 heteroatoms. The van der Waals surface area contributed by atoms with E-state index in [0.717, 1.165) is 11.1 Å². The fourth-order valence-electron chi connectivity index (χ4n) is 2.82. The molecular weight excluding hydrogens is 390 g/mol. The van der Waals surface area contributed by atoms with Crippen LogP contribution in [0.3, 0.4) is 0 Å². The van der Waals surface area contributed by atoms with Crippen LogP contribution in [-0.2, 0) is 14.6 Å². The van der Waals surface area contributed by atoms with Crippen LogP contribution in [0.15, 0.2) is 47.4 Å². The van der Waals surface area contributed by atoms with Gasteiger partial charge in [-0.1, -0.05) is 23.8 Å². The van der Waals surface area contributed by atoms with Crippen LogP contribution in [0.4, 0.5) is 0 Å². The van der Waals surface area contributed by atoms with Crippen molar-refractivity contribution in [2.75, 3.05) is 19.0 Å². The molecule has 0 unspecified atom stereocenters. The minimum absolute atomic E-state index is 0.101. The molecule has 0 aliphatic rings. The van der Waals surface area contributed by atoms with Gasteiger partial charge in [0, 0.05) is 6.42 Å². The van der Waals surface area contributed by atoms with Gasteiger partial charge in [-0.05, 0) is 57.5 Å². The molecule has 2 aromatic rings. The molecule has 29 heavy (non-hydrogen) atoms. The summed E-state index contributed by atoms with van der Waals surface area (Å²) in [7, 11) is -3.50. The first-order valence-corrected chi connectivity index (χ1v) is 11.4. The lowest BCUT2D eigenvalue weighted by atomic mass is 10.1. The van der Waals surface area contributed by atoms with Crippen molar-refractivity contribution in [3.63, 3.8) is 0 Å². The topological polar surface area (TPSA) is 81.7 Å². The van der Waals surface area contributed by atoms with E-state index in [1.165, 1.54) is 0 Å². The summed E-state index contributed by atoms with van der Waals surface area (Å²) in [6.45, 7) is 8.56. The van der Waals surface area contributed by atoms with Crippen molar-refractivity contribution in [2.24, 2.45) is 0 Å². The van der Waals surface area contributed by atoms with Crippen LogP contribution in [0.25, 0.3) is 0 Å². The number of hydrogen-bond donors (Lipinski definition) is 1. The minimum Gasteiger partial charge on any atom is -0.490 e. The van der Waals surface area contributed by atoms with Crippen molar-refractivity contribution < 1.29 is 22.7 Å². The van der Waals surface area contributed by atoms with Gasteiger partial charge in [-0.3, -0.25) is 4.79 Å². The lowest BCUT2D eigenvalue weighted by Gasteiger charge is -2.17. The van der Waals surface area contributed by atoms with Crippen molar-refractivity contribution in [2.45, 2.75) is 45.1 Å². The van der Waals surface area contributed by atoms with Crippen molar-refractivity contribution in [3.8, 4) is 11.5 Å². The number of nitrogens with one attached hydrogen (secondary N) is 1. The molecule has 0 heterocycles. The van der Waals surface area contributed by atoms with Crippen LogP contribution in [0.2, 0.25) is 0 Å². The highest BCUT2D eigenvalue weighted by Crippen LogP contribution is 2.30. The van der Waals surface area contributed by atoms with Crippen molar-refractivity contribution in [1.82, 2.24) is 5.32 Å². The van der Waals surface area contributed by atoms with E-state index < -0.39 is 9.84 Å². The van der Waals surface area contributed by atoms with Crippen LogP contribution >= 0.6 is 0 Å². The standard InChI is InChI=1S/C22H29NO5S/c1-5-27-20-12-9-18(15-21(20)28-6-2)17(4)23-22(24)13-14-29(25,26)19-10-7-16(3)8-11-19/h7-12,15,17H,5-6,13-14H2,1-4H3,(H,23,24)/t17-/m1/s1. The first-order chi connectivity index (χ1) is 13.8. The van der Waals surface area contributed by atoms with E-state index in [1.807, 2.05) is 45.9 Å². The summed E-state index contributed by atoms with van der Waals surface area (Å²) < 4.78 is 36.0. The third-order valence-electron chi connectivity index (χ3n) is 4.42. The van der Waals surface area contributed by atoms with Crippen LogP contribution in [0, 0.1) is 6.92 Å². The zero-order valence-corrected chi connectivity index (χ0v) is 18.2. The minimum atomic E-state index is -3.50. The second-order valence-corrected chi connectivity index (χ2v) is 8.85. The third-order valence-corrected chi connectivity index (χ3v) is 6.15. The van der Waals surface area contributed by atoms with Gasteiger partial charge in [0.05, 0.1) is 29.9 Å². The van der Waals surface area contributed by atoms with Crippen LogP contribution in [-0.4, -0.2) is 33.3 Å². The highest BCUT2D eigenvalue weighted by molar-refractivity contribution is 7.91. The van der Waals surface area contributed by atoms with Crippen LogP contribution in [0.1, 0.15) is 44.4 Å². The van der Waals surface area contributed by atoms with E-state index in [-0.39, 0.29) is 29.0 Å². The zero-order chi connectivity index (χ0) is 21.4. The highest BCUT2D eigenvalue weighted by atomic mass is 32.2. The van der Waals surface area contributed by atoms with E-state index in [1.54, 1.807) is 24.3 Å². The number of amides is 1. The molecule has 2 aromatic carbocycles. The largest absolute Gasteiger partial charge is 0.490 e. The number of benzene rings is 2. The molecule has 0 saturated carbocycles. The normalized spacial score (nSPS) is 12.3. The molecule has 1 amide bonds. The number of hydrogen-bond acceptors (Lipinski definition) is 5. The molecule has 0 radical (unpaired) electrons. The summed E-state index contributed by atoms with van der Waals surface area (Å²) in [6.07, 6.45) is -0.101. The van der Waals surface area contributed by atoms with Crippen molar-refractivity contribution >= 4 is 15.7 Å². The molecule has 0 aromatic heterocycles. The average molecular weight is 420 g/mol. The van der Waals surface area contributed by atoms with E-state index in [4.69, 9.17) is 9.47 Å². The number of rotatable bonds is 10. The molecular formula is C22H29NO5S. The number of aryl methyl sites for hydroxylation is 1. The van der Waals surface area contributed by atoms with Gasteiger partial charge < -0.3 is 14.8 Å². The number of carbonyl (C=O) groups is 1. The van der Waals surface area contributed by atoms with E-state index in [0.29, 0.717) is 24.7 Å². The molecule has 0 fully saturated rings.